The Bertz CT molecular complexity index is 597. The van der Waals surface area contributed by atoms with Crippen LogP contribution in [0.25, 0.3) is 11.4 Å². The fraction of sp³-hybridized carbons (Fsp3) is 0.429. The third-order valence-electron chi connectivity index (χ3n) is 3.56. The van der Waals surface area contributed by atoms with Crippen LogP contribution in [-0.2, 0) is 12.7 Å². The Kier molecular flexibility index (Phi) is 3.67. The molecule has 1 fully saturated rings. The Morgan fingerprint density at radius 1 is 1.24 bits per heavy atom. The van der Waals surface area contributed by atoms with E-state index in [2.05, 4.69) is 15.4 Å². The van der Waals surface area contributed by atoms with Gasteiger partial charge in [-0.2, -0.15) is 18.3 Å². The Labute approximate surface area is 120 Å². The third kappa shape index (κ3) is 3.24. The van der Waals surface area contributed by atoms with Crippen molar-refractivity contribution in [1.82, 2.24) is 20.1 Å². The van der Waals surface area contributed by atoms with Gasteiger partial charge in [0.1, 0.15) is 5.69 Å². The average Bonchev–Trinajstić information content (AvgIpc) is 3.10. The molecule has 7 heteroatoms. The quantitative estimate of drug-likeness (QED) is 0.947. The van der Waals surface area contributed by atoms with Crippen molar-refractivity contribution in [2.45, 2.75) is 31.6 Å². The molecule has 0 aromatic carbocycles. The zero-order valence-corrected chi connectivity index (χ0v) is 11.3. The predicted octanol–water partition coefficient (Wildman–Crippen LogP) is 2.72. The van der Waals surface area contributed by atoms with E-state index in [-0.39, 0.29) is 0 Å². The van der Waals surface area contributed by atoms with Crippen molar-refractivity contribution in [2.75, 3.05) is 6.54 Å². The van der Waals surface area contributed by atoms with Crippen LogP contribution in [0.4, 0.5) is 13.2 Å². The first-order chi connectivity index (χ1) is 10.0. The van der Waals surface area contributed by atoms with Crippen LogP contribution in [-0.4, -0.2) is 27.4 Å². The summed E-state index contributed by atoms with van der Waals surface area (Å²) in [5.41, 5.74) is 0.281. The molecule has 3 rings (SSSR count). The number of aromatic nitrogens is 3. The van der Waals surface area contributed by atoms with Gasteiger partial charge in [0.25, 0.3) is 0 Å². The SMILES string of the molecule is FC(F)(F)c1ccc(-c2ccn(C[C@@H]3CCCN3)n2)nc1. The molecular formula is C14H15F3N4. The lowest BCUT2D eigenvalue weighted by atomic mass is 10.2. The highest BCUT2D eigenvalue weighted by Crippen LogP contribution is 2.29. The molecule has 0 amide bonds. The average molecular weight is 296 g/mol. The Morgan fingerprint density at radius 3 is 2.71 bits per heavy atom. The summed E-state index contributed by atoms with van der Waals surface area (Å²) in [5.74, 6) is 0. The molecule has 0 radical (unpaired) electrons. The fourth-order valence-corrected chi connectivity index (χ4v) is 2.45. The van der Waals surface area contributed by atoms with Gasteiger partial charge in [0.15, 0.2) is 0 Å². The summed E-state index contributed by atoms with van der Waals surface area (Å²) in [7, 11) is 0. The molecule has 0 saturated carbocycles. The minimum Gasteiger partial charge on any atom is -0.312 e. The van der Waals surface area contributed by atoms with Crippen LogP contribution < -0.4 is 5.32 Å². The first kappa shape index (κ1) is 14.1. The second-order valence-electron chi connectivity index (χ2n) is 5.15. The lowest BCUT2D eigenvalue weighted by molar-refractivity contribution is -0.137. The lowest BCUT2D eigenvalue weighted by Crippen LogP contribution is -2.26. The van der Waals surface area contributed by atoms with Gasteiger partial charge in [0.2, 0.25) is 0 Å². The summed E-state index contributed by atoms with van der Waals surface area (Å²) in [6, 6.07) is 4.56. The topological polar surface area (TPSA) is 42.7 Å². The maximum Gasteiger partial charge on any atom is 0.417 e. The minimum atomic E-state index is -4.36. The van der Waals surface area contributed by atoms with E-state index in [4.69, 9.17) is 0 Å². The second kappa shape index (κ2) is 5.48. The van der Waals surface area contributed by atoms with E-state index in [1.807, 2.05) is 6.20 Å². The van der Waals surface area contributed by atoms with Crippen molar-refractivity contribution in [2.24, 2.45) is 0 Å². The highest BCUT2D eigenvalue weighted by molar-refractivity contribution is 5.53. The zero-order chi connectivity index (χ0) is 14.9. The van der Waals surface area contributed by atoms with E-state index in [0.717, 1.165) is 31.8 Å². The van der Waals surface area contributed by atoms with Crippen molar-refractivity contribution < 1.29 is 13.2 Å². The van der Waals surface area contributed by atoms with Gasteiger partial charge in [0.05, 0.1) is 17.8 Å². The van der Waals surface area contributed by atoms with Crippen LogP contribution in [0.5, 0.6) is 0 Å². The van der Waals surface area contributed by atoms with Crippen molar-refractivity contribution in [3.63, 3.8) is 0 Å². The normalized spacial score (nSPS) is 19.1. The van der Waals surface area contributed by atoms with Gasteiger partial charge in [-0.15, -0.1) is 0 Å². The number of alkyl halides is 3. The number of pyridine rings is 1. The Hall–Kier alpha value is -1.89. The molecule has 1 N–H and O–H groups in total. The van der Waals surface area contributed by atoms with Gasteiger partial charge in [-0.1, -0.05) is 0 Å². The molecule has 21 heavy (non-hydrogen) atoms. The van der Waals surface area contributed by atoms with Crippen molar-refractivity contribution in [3.8, 4) is 11.4 Å². The Morgan fingerprint density at radius 2 is 2.10 bits per heavy atom. The molecule has 3 heterocycles. The molecule has 0 unspecified atom stereocenters. The van der Waals surface area contributed by atoms with Crippen LogP contribution in [0.3, 0.4) is 0 Å². The van der Waals surface area contributed by atoms with Crippen molar-refractivity contribution in [1.29, 1.82) is 0 Å². The molecule has 2 aromatic heterocycles. The number of nitrogens with zero attached hydrogens (tertiary/aromatic N) is 3. The van der Waals surface area contributed by atoms with Crippen LogP contribution in [0.15, 0.2) is 30.6 Å². The molecule has 1 atom stereocenters. The van der Waals surface area contributed by atoms with Crippen LogP contribution in [0.1, 0.15) is 18.4 Å². The highest BCUT2D eigenvalue weighted by atomic mass is 19.4. The summed E-state index contributed by atoms with van der Waals surface area (Å²) < 4.78 is 39.3. The number of rotatable bonds is 3. The maximum atomic E-state index is 12.5. The minimum absolute atomic E-state index is 0.415. The molecule has 0 bridgehead atoms. The third-order valence-corrected chi connectivity index (χ3v) is 3.56. The first-order valence-corrected chi connectivity index (χ1v) is 6.83. The number of hydrogen-bond acceptors (Lipinski definition) is 3. The summed E-state index contributed by atoms with van der Waals surface area (Å²) in [4.78, 5) is 3.85. The molecular weight excluding hydrogens is 281 g/mol. The van der Waals surface area contributed by atoms with Crippen LogP contribution in [0, 0.1) is 0 Å². The molecule has 4 nitrogen and oxygen atoms in total. The number of hydrogen-bond donors (Lipinski definition) is 1. The van der Waals surface area contributed by atoms with Gasteiger partial charge >= 0.3 is 6.18 Å². The lowest BCUT2D eigenvalue weighted by Gasteiger charge is -2.09. The Balaban J connectivity index is 1.73. The van der Waals surface area contributed by atoms with E-state index < -0.39 is 11.7 Å². The van der Waals surface area contributed by atoms with Crippen molar-refractivity contribution in [3.05, 3.63) is 36.2 Å². The summed E-state index contributed by atoms with van der Waals surface area (Å²) in [6.07, 6.45) is 0.591. The van der Waals surface area contributed by atoms with Crippen LogP contribution in [0.2, 0.25) is 0 Å². The largest absolute Gasteiger partial charge is 0.417 e. The standard InChI is InChI=1S/C14H15F3N4/c15-14(16,17)10-3-4-12(19-8-10)13-5-7-21(20-13)9-11-2-1-6-18-11/h3-5,7-8,11,18H,1-2,6,9H2/t11-/m0/s1. The molecule has 1 aliphatic rings. The molecule has 1 aliphatic heterocycles. The molecule has 2 aromatic rings. The van der Waals surface area contributed by atoms with Crippen molar-refractivity contribution >= 4 is 0 Å². The summed E-state index contributed by atoms with van der Waals surface area (Å²) >= 11 is 0. The van der Waals surface area contributed by atoms with E-state index >= 15 is 0 Å². The van der Waals surface area contributed by atoms with Gasteiger partial charge in [0, 0.05) is 18.4 Å². The van der Waals surface area contributed by atoms with E-state index in [0.29, 0.717) is 17.4 Å². The number of nitrogens with one attached hydrogen (secondary N) is 1. The van der Waals surface area contributed by atoms with E-state index in [9.17, 15) is 13.2 Å². The first-order valence-electron chi connectivity index (χ1n) is 6.83. The second-order valence-corrected chi connectivity index (χ2v) is 5.15. The maximum absolute atomic E-state index is 12.5. The molecule has 1 saturated heterocycles. The van der Waals surface area contributed by atoms with Gasteiger partial charge in [-0.25, -0.2) is 0 Å². The van der Waals surface area contributed by atoms with Gasteiger partial charge < -0.3 is 5.32 Å². The van der Waals surface area contributed by atoms with E-state index in [1.54, 1.807) is 10.7 Å². The number of halogens is 3. The molecule has 0 aliphatic carbocycles. The monoisotopic (exact) mass is 296 g/mol. The van der Waals surface area contributed by atoms with Gasteiger partial charge in [-0.05, 0) is 37.6 Å². The predicted molar refractivity (Wildman–Crippen MR) is 71.5 cm³/mol. The smallest absolute Gasteiger partial charge is 0.312 e. The highest BCUT2D eigenvalue weighted by Gasteiger charge is 2.30. The summed E-state index contributed by atoms with van der Waals surface area (Å²) in [6.45, 7) is 1.79. The molecule has 112 valence electrons. The summed E-state index contributed by atoms with van der Waals surface area (Å²) in [5, 5.41) is 7.75. The molecule has 0 spiro atoms. The van der Waals surface area contributed by atoms with E-state index in [1.165, 1.54) is 12.5 Å². The van der Waals surface area contributed by atoms with Gasteiger partial charge in [-0.3, -0.25) is 9.67 Å². The van der Waals surface area contributed by atoms with Crippen LogP contribution >= 0.6 is 0 Å². The fourth-order valence-electron chi connectivity index (χ4n) is 2.45. The zero-order valence-electron chi connectivity index (χ0n) is 11.3.